The molecule has 0 aromatic heterocycles. The molecule has 6 heteroatoms. The molecule has 3 nitrogen and oxygen atoms in total. The number of rotatable bonds is 6. The fourth-order valence-corrected chi connectivity index (χ4v) is 4.58. The first-order valence-electron chi connectivity index (χ1n) is 6.52. The topological polar surface area (TPSA) is 46.5 Å². The predicted octanol–water partition coefficient (Wildman–Crippen LogP) is 5.25. The second kappa shape index (κ2) is 8.49. The van der Waals surface area contributed by atoms with Gasteiger partial charge in [0.25, 0.3) is 0 Å². The molecule has 0 saturated heterocycles. The molecule has 0 bridgehead atoms. The lowest BCUT2D eigenvalue weighted by molar-refractivity contribution is -0.136. The van der Waals surface area contributed by atoms with Crippen molar-refractivity contribution >= 4 is 67.1 Å². The summed E-state index contributed by atoms with van der Waals surface area (Å²) in [5, 5.41) is 8.77. The summed E-state index contributed by atoms with van der Waals surface area (Å²) >= 11 is 7.91. The van der Waals surface area contributed by atoms with E-state index in [0.717, 1.165) is 28.5 Å². The lowest BCUT2D eigenvalue weighted by Gasteiger charge is -2.12. The minimum absolute atomic E-state index is 0.143. The summed E-state index contributed by atoms with van der Waals surface area (Å²) in [6.07, 6.45) is 0.678. The van der Waals surface area contributed by atoms with Crippen LogP contribution < -0.4 is 4.74 Å². The van der Waals surface area contributed by atoms with E-state index in [9.17, 15) is 4.79 Å². The lowest BCUT2D eigenvalue weighted by Crippen LogP contribution is -2.02. The highest BCUT2D eigenvalue weighted by molar-refractivity contribution is 14.1. The Morgan fingerprint density at radius 3 is 2.41 bits per heavy atom. The van der Waals surface area contributed by atoms with Gasteiger partial charge in [0.15, 0.2) is 0 Å². The van der Waals surface area contributed by atoms with Crippen LogP contribution in [0.5, 0.6) is 5.75 Å². The third-order valence-electron chi connectivity index (χ3n) is 2.96. The van der Waals surface area contributed by atoms with Crippen LogP contribution in [0.1, 0.15) is 17.5 Å². The molecule has 22 heavy (non-hydrogen) atoms. The van der Waals surface area contributed by atoms with E-state index in [4.69, 9.17) is 9.84 Å². The number of aryl methyl sites for hydroxylation is 1. The van der Waals surface area contributed by atoms with Crippen LogP contribution in [-0.2, 0) is 17.8 Å². The van der Waals surface area contributed by atoms with Gasteiger partial charge in [0.2, 0.25) is 0 Å². The summed E-state index contributed by atoms with van der Waals surface area (Å²) in [5.74, 6) is 0.0697. The van der Waals surface area contributed by atoms with Gasteiger partial charge in [0.1, 0.15) is 12.4 Å². The van der Waals surface area contributed by atoms with E-state index in [1.807, 2.05) is 36.4 Å². The van der Waals surface area contributed by atoms with Crippen molar-refractivity contribution in [3.05, 3.63) is 59.1 Å². The summed E-state index contributed by atoms with van der Waals surface area (Å²) in [6.45, 7) is 0.500. The van der Waals surface area contributed by atoms with Crippen molar-refractivity contribution in [2.24, 2.45) is 0 Å². The molecule has 0 saturated carbocycles. The first-order valence-corrected chi connectivity index (χ1v) is 9.47. The van der Waals surface area contributed by atoms with Gasteiger partial charge in [-0.05, 0) is 87.0 Å². The normalized spacial score (nSPS) is 10.5. The fraction of sp³-hybridized carbons (Fsp3) is 0.188. The van der Waals surface area contributed by atoms with Gasteiger partial charge in [0, 0.05) is 10.9 Å². The van der Waals surface area contributed by atoms with E-state index in [-0.39, 0.29) is 6.42 Å². The zero-order valence-electron chi connectivity index (χ0n) is 11.5. The van der Waals surface area contributed by atoms with E-state index < -0.39 is 5.97 Å². The van der Waals surface area contributed by atoms with Crippen molar-refractivity contribution in [1.29, 1.82) is 0 Å². The number of carboxylic acids is 1. The van der Waals surface area contributed by atoms with Gasteiger partial charge < -0.3 is 9.84 Å². The summed E-state index contributed by atoms with van der Waals surface area (Å²) in [5.41, 5.74) is 2.11. The molecule has 0 atom stereocenters. The maximum Gasteiger partial charge on any atom is 0.303 e. The number of hydrogen-bond donors (Lipinski definition) is 1. The maximum absolute atomic E-state index is 10.7. The number of benzene rings is 2. The molecule has 0 aliphatic rings. The van der Waals surface area contributed by atoms with Crippen molar-refractivity contribution < 1.29 is 14.6 Å². The lowest BCUT2D eigenvalue weighted by atomic mass is 10.1. The quantitative estimate of drug-likeness (QED) is 0.470. The first kappa shape index (κ1) is 18.0. The molecule has 2 aromatic rings. The van der Waals surface area contributed by atoms with Gasteiger partial charge in [-0.25, -0.2) is 0 Å². The van der Waals surface area contributed by atoms with Gasteiger partial charge in [0.05, 0.1) is 7.14 Å². The first-order chi connectivity index (χ1) is 10.5. The highest BCUT2D eigenvalue weighted by atomic mass is 127. The van der Waals surface area contributed by atoms with Gasteiger partial charge in [-0.2, -0.15) is 0 Å². The number of aliphatic carboxylic acids is 1. The van der Waals surface area contributed by atoms with Crippen LogP contribution in [0, 0.1) is 7.14 Å². The Morgan fingerprint density at radius 1 is 1.14 bits per heavy atom. The van der Waals surface area contributed by atoms with Gasteiger partial charge >= 0.3 is 5.97 Å². The highest BCUT2D eigenvalue weighted by Gasteiger charge is 2.10. The van der Waals surface area contributed by atoms with Crippen molar-refractivity contribution in [2.75, 3.05) is 0 Å². The Bertz CT molecular complexity index is 666. The third-order valence-corrected chi connectivity index (χ3v) is 5.05. The summed E-state index contributed by atoms with van der Waals surface area (Å²) in [7, 11) is 0. The standard InChI is InChI=1S/C16H13BrI2O3/c17-12-3-1-2-11(6-12)9-22-16-13(18)7-10(8-14(16)19)4-5-15(20)21/h1-3,6-8H,4-5,9H2,(H,20,21). The Hall–Kier alpha value is -0.350. The fourth-order valence-electron chi connectivity index (χ4n) is 1.93. The molecule has 0 heterocycles. The molecule has 1 N–H and O–H groups in total. The Balaban J connectivity index is 2.09. The number of carbonyl (C=O) groups is 1. The molecular formula is C16H13BrI2O3. The van der Waals surface area contributed by atoms with Crippen molar-refractivity contribution in [2.45, 2.75) is 19.4 Å². The highest BCUT2D eigenvalue weighted by Crippen LogP contribution is 2.30. The zero-order chi connectivity index (χ0) is 16.1. The van der Waals surface area contributed by atoms with Gasteiger partial charge in [-0.3, -0.25) is 4.79 Å². The minimum Gasteiger partial charge on any atom is -0.487 e. The molecule has 0 spiro atoms. The second-order valence-corrected chi connectivity index (χ2v) is 7.94. The Morgan fingerprint density at radius 2 is 1.82 bits per heavy atom. The van der Waals surface area contributed by atoms with E-state index in [1.54, 1.807) is 0 Å². The molecule has 0 unspecified atom stereocenters. The van der Waals surface area contributed by atoms with Crippen LogP contribution in [0.4, 0.5) is 0 Å². The molecule has 0 fully saturated rings. The van der Waals surface area contributed by atoms with Gasteiger partial charge in [-0.1, -0.05) is 28.1 Å². The molecule has 116 valence electrons. The number of ether oxygens (including phenoxy) is 1. The summed E-state index contributed by atoms with van der Waals surface area (Å²) in [4.78, 5) is 10.7. The van der Waals surface area contributed by atoms with Crippen LogP contribution in [0.15, 0.2) is 40.9 Å². The van der Waals surface area contributed by atoms with Crippen molar-refractivity contribution in [3.63, 3.8) is 0 Å². The zero-order valence-corrected chi connectivity index (χ0v) is 17.4. The molecule has 0 radical (unpaired) electrons. The van der Waals surface area contributed by atoms with E-state index in [2.05, 4.69) is 61.1 Å². The second-order valence-electron chi connectivity index (χ2n) is 4.70. The smallest absolute Gasteiger partial charge is 0.303 e. The van der Waals surface area contributed by atoms with Crippen LogP contribution in [0.2, 0.25) is 0 Å². The number of halogens is 3. The number of hydrogen-bond acceptors (Lipinski definition) is 2. The Labute approximate surface area is 164 Å². The minimum atomic E-state index is -0.778. The average Bonchev–Trinajstić information content (AvgIpc) is 2.44. The largest absolute Gasteiger partial charge is 0.487 e. The summed E-state index contributed by atoms with van der Waals surface area (Å²) in [6, 6.07) is 12.0. The van der Waals surface area contributed by atoms with Crippen LogP contribution >= 0.6 is 61.1 Å². The molecule has 0 aliphatic carbocycles. The monoisotopic (exact) mass is 586 g/mol. The molecular weight excluding hydrogens is 574 g/mol. The van der Waals surface area contributed by atoms with Crippen molar-refractivity contribution in [1.82, 2.24) is 0 Å². The number of carboxylic acid groups (broad SMARTS) is 1. The molecule has 0 amide bonds. The van der Waals surface area contributed by atoms with Gasteiger partial charge in [-0.15, -0.1) is 0 Å². The maximum atomic E-state index is 10.7. The third kappa shape index (κ3) is 5.38. The van der Waals surface area contributed by atoms with E-state index >= 15 is 0 Å². The summed E-state index contributed by atoms with van der Waals surface area (Å²) < 4.78 is 8.97. The average molecular weight is 587 g/mol. The predicted molar refractivity (Wildman–Crippen MR) is 106 cm³/mol. The molecule has 2 aromatic carbocycles. The van der Waals surface area contributed by atoms with Crippen molar-refractivity contribution in [3.8, 4) is 5.75 Å². The van der Waals surface area contributed by atoms with Crippen LogP contribution in [0.3, 0.4) is 0 Å². The SMILES string of the molecule is O=C(O)CCc1cc(I)c(OCc2cccc(Br)c2)c(I)c1. The van der Waals surface area contributed by atoms with Crippen LogP contribution in [-0.4, -0.2) is 11.1 Å². The van der Waals surface area contributed by atoms with E-state index in [1.165, 1.54) is 0 Å². The van der Waals surface area contributed by atoms with E-state index in [0.29, 0.717) is 13.0 Å². The van der Waals surface area contributed by atoms with Crippen LogP contribution in [0.25, 0.3) is 0 Å². The Kier molecular flexibility index (Phi) is 6.94. The molecule has 2 rings (SSSR count). The molecule has 0 aliphatic heterocycles.